The van der Waals surface area contributed by atoms with Gasteiger partial charge in [0.15, 0.2) is 6.10 Å². The van der Waals surface area contributed by atoms with E-state index in [2.05, 4.69) is 0 Å². The number of rotatable bonds is 1. The van der Waals surface area contributed by atoms with E-state index in [1.165, 1.54) is 12.2 Å². The Morgan fingerprint density at radius 2 is 1.85 bits per heavy atom. The molecule has 2 aliphatic carbocycles. The summed E-state index contributed by atoms with van der Waals surface area (Å²) in [6.07, 6.45) is 2.24. The van der Waals surface area contributed by atoms with E-state index in [1.54, 1.807) is 26.0 Å². The molecule has 12 atom stereocenters. The normalized spacial score (nSPS) is 52.6. The number of allylic oxidation sites excluding steroid dienone is 2. The van der Waals surface area contributed by atoms with E-state index in [9.17, 15) is 24.9 Å². The molecule has 0 unspecified atom stereocenters. The Hall–Kier alpha value is -2.12. The lowest BCUT2D eigenvalue weighted by atomic mass is 9.51. The number of epoxide rings is 2. The van der Waals surface area contributed by atoms with Gasteiger partial charge >= 0.3 is 11.9 Å². The number of ether oxygens (including phenoxy) is 6. The van der Waals surface area contributed by atoms with Gasteiger partial charge in [0.2, 0.25) is 0 Å². The zero-order valence-electron chi connectivity index (χ0n) is 23.1. The standard InChI is InChI=1S/C29H38O11/c1-15-9-21-28(11-17(15)31)13-36-25(34)24-26(3,40-24)19(32)12-35-18(16(2)30)7-5-6-8-23(33)39-20-10-22(38-21)29(14-37-29)27(20,28)4/h5-9,16-22,24,30-32H,10-14H2,1-4H3/b7-5-,8-6-/t16-,17-,18-,19-,20-,21-,22-,24-,26-,27-,28-,29+/m1/s1. The number of carbonyl (C=O) groups excluding carboxylic acids is 2. The van der Waals surface area contributed by atoms with Crippen molar-refractivity contribution in [2.75, 3.05) is 19.8 Å². The number of aliphatic hydroxyl groups excluding tert-OH is 3. The summed E-state index contributed by atoms with van der Waals surface area (Å²) in [4.78, 5) is 26.3. The summed E-state index contributed by atoms with van der Waals surface area (Å²) in [6.45, 7) is 7.03. The minimum atomic E-state index is -1.22. The monoisotopic (exact) mass is 562 g/mol. The lowest BCUT2D eigenvalue weighted by molar-refractivity contribution is -0.239. The molecular formula is C29H38O11. The van der Waals surface area contributed by atoms with Gasteiger partial charge in [0.1, 0.15) is 36.1 Å². The zero-order valence-corrected chi connectivity index (χ0v) is 23.1. The summed E-state index contributed by atoms with van der Waals surface area (Å²) < 4.78 is 35.9. The Balaban J connectivity index is 1.38. The number of fused-ring (bicyclic) bond motifs is 1. The number of hydrogen-bond donors (Lipinski definition) is 3. The zero-order chi connectivity index (χ0) is 28.7. The molecule has 4 aliphatic heterocycles. The molecule has 40 heavy (non-hydrogen) atoms. The highest BCUT2D eigenvalue weighted by Gasteiger charge is 2.83. The average molecular weight is 563 g/mol. The Labute approximate surface area is 232 Å². The SMILES string of the molecule is CC1=C[C@H]2O[C@@H]3C[C@H]4OC(=O)/C=C\C=C/[C@H]([C@@H](C)O)OC[C@@H](O)[C@@]5(C)O[C@@H]5C(=O)OC[C@@]2(C[C@H]1O)[C@]4(C)[C@]31CO1. The van der Waals surface area contributed by atoms with Gasteiger partial charge in [-0.2, -0.15) is 0 Å². The third kappa shape index (κ3) is 3.97. The maximum Gasteiger partial charge on any atom is 0.338 e. The summed E-state index contributed by atoms with van der Waals surface area (Å²) in [6, 6.07) is 0. The van der Waals surface area contributed by atoms with Crippen LogP contribution in [0.25, 0.3) is 0 Å². The smallest absolute Gasteiger partial charge is 0.338 e. The van der Waals surface area contributed by atoms with Crippen molar-refractivity contribution >= 4 is 11.9 Å². The van der Waals surface area contributed by atoms with Crippen molar-refractivity contribution in [1.29, 1.82) is 0 Å². The van der Waals surface area contributed by atoms with Crippen LogP contribution in [0.2, 0.25) is 0 Å². The largest absolute Gasteiger partial charge is 0.463 e. The molecule has 0 aromatic carbocycles. The van der Waals surface area contributed by atoms with Crippen LogP contribution in [-0.2, 0) is 38.0 Å². The molecule has 0 amide bonds. The van der Waals surface area contributed by atoms with Crippen molar-refractivity contribution in [3.8, 4) is 0 Å². The Kier molecular flexibility index (Phi) is 6.62. The van der Waals surface area contributed by atoms with Gasteiger partial charge in [-0.15, -0.1) is 0 Å². The van der Waals surface area contributed by atoms with Gasteiger partial charge in [-0.05, 0) is 32.8 Å². The third-order valence-corrected chi connectivity index (χ3v) is 10.3. The topological polar surface area (TPSA) is 157 Å². The van der Waals surface area contributed by atoms with Crippen LogP contribution in [0.4, 0.5) is 0 Å². The summed E-state index contributed by atoms with van der Waals surface area (Å²) >= 11 is 0. The number of carbonyl (C=O) groups is 2. The lowest BCUT2D eigenvalue weighted by Crippen LogP contribution is -2.68. The molecular weight excluding hydrogens is 524 g/mol. The second-order valence-electron chi connectivity index (χ2n) is 12.5. The van der Waals surface area contributed by atoms with Gasteiger partial charge in [-0.25, -0.2) is 9.59 Å². The summed E-state index contributed by atoms with van der Waals surface area (Å²) in [7, 11) is 0. The quantitative estimate of drug-likeness (QED) is 0.232. The molecule has 1 saturated carbocycles. The minimum Gasteiger partial charge on any atom is -0.463 e. The van der Waals surface area contributed by atoms with E-state index in [0.29, 0.717) is 13.0 Å². The molecule has 11 nitrogen and oxygen atoms in total. The number of esters is 2. The van der Waals surface area contributed by atoms with Gasteiger partial charge < -0.3 is 43.7 Å². The predicted octanol–water partition coefficient (Wildman–Crippen LogP) is 0.496. The van der Waals surface area contributed by atoms with Crippen LogP contribution in [0.1, 0.15) is 40.5 Å². The predicted molar refractivity (Wildman–Crippen MR) is 137 cm³/mol. The van der Waals surface area contributed by atoms with Crippen LogP contribution in [0, 0.1) is 10.8 Å². The molecule has 6 rings (SSSR count). The van der Waals surface area contributed by atoms with Crippen LogP contribution >= 0.6 is 0 Å². The molecule has 0 radical (unpaired) electrons. The Bertz CT molecular complexity index is 1160. The van der Waals surface area contributed by atoms with Crippen LogP contribution in [0.15, 0.2) is 36.0 Å². The second-order valence-corrected chi connectivity index (χ2v) is 12.5. The van der Waals surface area contributed by atoms with E-state index in [-0.39, 0.29) is 25.7 Å². The van der Waals surface area contributed by atoms with E-state index in [0.717, 1.165) is 5.57 Å². The second kappa shape index (κ2) is 9.45. The van der Waals surface area contributed by atoms with Gasteiger partial charge in [-0.1, -0.05) is 31.2 Å². The van der Waals surface area contributed by atoms with E-state index in [4.69, 9.17) is 28.4 Å². The van der Waals surface area contributed by atoms with Crippen molar-refractivity contribution in [2.45, 2.75) is 101 Å². The molecule has 3 N–H and O–H groups in total. The van der Waals surface area contributed by atoms with Crippen LogP contribution in [-0.4, -0.2) is 107 Å². The first-order valence-corrected chi connectivity index (χ1v) is 13.9. The average Bonchev–Trinajstić information content (AvgIpc) is 3.81. The Morgan fingerprint density at radius 3 is 2.55 bits per heavy atom. The highest BCUT2D eigenvalue weighted by molar-refractivity contribution is 5.82. The Morgan fingerprint density at radius 1 is 1.10 bits per heavy atom. The molecule has 0 aromatic rings. The first kappa shape index (κ1) is 28.0. The molecule has 0 aromatic heterocycles. The number of hydrogen-bond acceptors (Lipinski definition) is 11. The third-order valence-electron chi connectivity index (χ3n) is 10.3. The van der Waals surface area contributed by atoms with Gasteiger partial charge in [0, 0.05) is 17.9 Å². The highest BCUT2D eigenvalue weighted by Crippen LogP contribution is 2.72. The van der Waals surface area contributed by atoms with E-state index in [1.807, 2.05) is 19.9 Å². The van der Waals surface area contributed by atoms with Gasteiger partial charge in [0.05, 0.1) is 43.0 Å². The number of cyclic esters (lactones) is 1. The fourth-order valence-corrected chi connectivity index (χ4v) is 7.38. The number of aliphatic hydroxyl groups is 3. The molecule has 6 aliphatic rings. The van der Waals surface area contributed by atoms with E-state index >= 15 is 0 Å². The highest BCUT2D eigenvalue weighted by atomic mass is 16.7. The van der Waals surface area contributed by atoms with Crippen LogP contribution in [0.5, 0.6) is 0 Å². The lowest BCUT2D eigenvalue weighted by Gasteiger charge is -2.58. The minimum absolute atomic E-state index is 0.134. The van der Waals surface area contributed by atoms with Crippen molar-refractivity contribution < 1.29 is 53.3 Å². The van der Waals surface area contributed by atoms with Crippen LogP contribution in [0.3, 0.4) is 0 Å². The van der Waals surface area contributed by atoms with Crippen molar-refractivity contribution in [3.63, 3.8) is 0 Å². The molecule has 3 saturated heterocycles. The van der Waals surface area contributed by atoms with Crippen molar-refractivity contribution in [3.05, 3.63) is 36.0 Å². The summed E-state index contributed by atoms with van der Waals surface area (Å²) in [5.74, 6) is -1.23. The maximum absolute atomic E-state index is 13.3. The van der Waals surface area contributed by atoms with Crippen molar-refractivity contribution in [2.24, 2.45) is 10.8 Å². The first-order valence-electron chi connectivity index (χ1n) is 13.9. The fourth-order valence-electron chi connectivity index (χ4n) is 7.38. The fraction of sp³-hybridized carbons (Fsp3) is 0.724. The van der Waals surface area contributed by atoms with Crippen LogP contribution < -0.4 is 0 Å². The van der Waals surface area contributed by atoms with Gasteiger partial charge in [0.25, 0.3) is 0 Å². The van der Waals surface area contributed by atoms with E-state index < -0.39 is 76.7 Å². The molecule has 4 heterocycles. The molecule has 220 valence electrons. The molecule has 2 bridgehead atoms. The van der Waals surface area contributed by atoms with Crippen molar-refractivity contribution in [1.82, 2.24) is 0 Å². The van der Waals surface area contributed by atoms with Gasteiger partial charge in [-0.3, -0.25) is 0 Å². The first-order chi connectivity index (χ1) is 18.9. The summed E-state index contributed by atoms with van der Waals surface area (Å²) in [5.41, 5.74) is -3.03. The maximum atomic E-state index is 13.3. The molecule has 11 heteroatoms. The summed E-state index contributed by atoms with van der Waals surface area (Å²) in [5, 5.41) is 31.9. The molecule has 2 spiro atoms. The molecule has 4 fully saturated rings.